The van der Waals surface area contributed by atoms with Crippen molar-refractivity contribution in [1.82, 2.24) is 9.80 Å². The molecule has 4 amide bonds. The van der Waals surface area contributed by atoms with E-state index >= 15 is 0 Å². The van der Waals surface area contributed by atoms with Crippen LogP contribution in [-0.4, -0.2) is 168 Å². The molecule has 0 spiro atoms. The molecule has 0 N–H and O–H groups in total. The molecule has 2 rings (SSSR count). The predicted molar refractivity (Wildman–Crippen MR) is 276 cm³/mol. The summed E-state index contributed by atoms with van der Waals surface area (Å²) < 4.78 is 69.4. The van der Waals surface area contributed by atoms with Crippen LogP contribution in [0.3, 0.4) is 0 Å². The SMILES string of the molecule is C=CC(C)(C)O[C@H]1COC[C@H](N(C(=O)OC(C)(C)C)C(=O)OC(C)(C)C)C(=O)O[C@@H](C)[C@@H]1OCC(=C)C.C=CC(C)(C)O[C@H]1COC[C@H](N(C(=O)OC(C)(C)C)C(=O)OC(C)(C)C)C(=O)O[C@@H](C)[C@@H]1OCC(C)C. The topological polar surface area (TPSA) is 220 Å². The van der Waals surface area contributed by atoms with E-state index in [-0.39, 0.29) is 39.0 Å². The van der Waals surface area contributed by atoms with Crippen molar-refractivity contribution < 1.29 is 85.6 Å². The molecule has 0 radical (unpaired) electrons. The zero-order valence-corrected chi connectivity index (χ0v) is 48.5. The van der Waals surface area contributed by atoms with E-state index in [1.807, 2.05) is 41.5 Å². The van der Waals surface area contributed by atoms with Crippen molar-refractivity contribution in [3.63, 3.8) is 0 Å². The van der Waals surface area contributed by atoms with Crippen LogP contribution in [0.2, 0.25) is 0 Å². The van der Waals surface area contributed by atoms with Crippen molar-refractivity contribution in [2.75, 3.05) is 39.6 Å². The first kappa shape index (κ1) is 67.4. The number of hydrogen-bond acceptors (Lipinski definition) is 18. The third kappa shape index (κ3) is 24.8. The van der Waals surface area contributed by atoms with Crippen LogP contribution in [0, 0.1) is 5.92 Å². The Kier molecular flexibility index (Phi) is 25.5. The minimum Gasteiger partial charge on any atom is -0.458 e. The maximum absolute atomic E-state index is 13.4. The van der Waals surface area contributed by atoms with Crippen LogP contribution in [0.4, 0.5) is 19.2 Å². The molecule has 0 bridgehead atoms. The van der Waals surface area contributed by atoms with Gasteiger partial charge in [-0.25, -0.2) is 28.8 Å². The van der Waals surface area contributed by atoms with Gasteiger partial charge in [-0.3, -0.25) is 0 Å². The molecule has 20 nitrogen and oxygen atoms in total. The molecule has 20 heteroatoms. The molecule has 2 aliphatic rings. The highest BCUT2D eigenvalue weighted by atomic mass is 16.6. The summed E-state index contributed by atoms with van der Waals surface area (Å²) >= 11 is 0. The lowest BCUT2D eigenvalue weighted by molar-refractivity contribution is -0.181. The van der Waals surface area contributed by atoms with Crippen LogP contribution in [0.5, 0.6) is 0 Å². The number of hydrogen-bond donors (Lipinski definition) is 0. The highest BCUT2D eigenvalue weighted by molar-refractivity contribution is 5.95. The number of esters is 2. The fourth-order valence-corrected chi connectivity index (χ4v) is 6.55. The van der Waals surface area contributed by atoms with Gasteiger partial charge in [-0.2, -0.15) is 9.80 Å². The summed E-state index contributed by atoms with van der Waals surface area (Å²) in [6.07, 6.45) is -5.27. The normalized spacial score (nSPS) is 23.7. The summed E-state index contributed by atoms with van der Waals surface area (Å²) in [5.74, 6) is -1.52. The Morgan fingerprint density at radius 1 is 0.568 bits per heavy atom. The lowest BCUT2D eigenvalue weighted by Crippen LogP contribution is -2.54. The second-order valence-corrected chi connectivity index (χ2v) is 23.9. The lowest BCUT2D eigenvalue weighted by Gasteiger charge is -2.35. The van der Waals surface area contributed by atoms with Gasteiger partial charge in [-0.15, -0.1) is 13.2 Å². The summed E-state index contributed by atoms with van der Waals surface area (Å²) in [6, 6.07) is -2.93. The van der Waals surface area contributed by atoms with Gasteiger partial charge in [0.25, 0.3) is 0 Å². The third-order valence-electron chi connectivity index (χ3n) is 9.94. The summed E-state index contributed by atoms with van der Waals surface area (Å²) in [6.45, 7) is 47.6. The largest absolute Gasteiger partial charge is 0.458 e. The first-order valence-electron chi connectivity index (χ1n) is 25.1. The van der Waals surface area contributed by atoms with Gasteiger partial charge in [-0.05, 0) is 137 Å². The fraction of sp³-hybridized carbons (Fsp3) is 0.778. The van der Waals surface area contributed by atoms with E-state index in [2.05, 4.69) is 19.7 Å². The average molecular weight is 1060 g/mol. The molecule has 2 fully saturated rings. The highest BCUT2D eigenvalue weighted by Crippen LogP contribution is 2.28. The van der Waals surface area contributed by atoms with E-state index < -0.39 is 119 Å². The first-order chi connectivity index (χ1) is 33.5. The molecule has 8 atom stereocenters. The molecule has 0 unspecified atom stereocenters. The number of carbonyl (C=O) groups is 6. The van der Waals surface area contributed by atoms with Crippen LogP contribution in [0.15, 0.2) is 37.5 Å². The number of amides is 4. The van der Waals surface area contributed by atoms with Gasteiger partial charge in [0.1, 0.15) is 59.0 Å². The van der Waals surface area contributed by atoms with Gasteiger partial charge in [0, 0.05) is 6.61 Å². The van der Waals surface area contributed by atoms with Crippen molar-refractivity contribution in [2.24, 2.45) is 5.92 Å². The van der Waals surface area contributed by atoms with Gasteiger partial charge in [-0.1, -0.05) is 38.2 Å². The van der Waals surface area contributed by atoms with Crippen LogP contribution >= 0.6 is 0 Å². The molecule has 74 heavy (non-hydrogen) atoms. The van der Waals surface area contributed by atoms with E-state index in [4.69, 9.17) is 56.8 Å². The molecule has 0 aliphatic carbocycles. The zero-order valence-electron chi connectivity index (χ0n) is 48.5. The minimum atomic E-state index is -1.47. The highest BCUT2D eigenvalue weighted by Gasteiger charge is 2.47. The Morgan fingerprint density at radius 2 is 0.865 bits per heavy atom. The van der Waals surface area contributed by atoms with Gasteiger partial charge >= 0.3 is 36.3 Å². The van der Waals surface area contributed by atoms with Crippen LogP contribution in [0.1, 0.15) is 145 Å². The Hall–Kier alpha value is -4.60. The molecule has 2 heterocycles. The molecule has 426 valence electrons. The number of carbonyl (C=O) groups excluding carboxylic acids is 6. The maximum Gasteiger partial charge on any atom is 0.420 e. The number of cyclic esters (lactones) is 2. The van der Waals surface area contributed by atoms with E-state index in [0.29, 0.717) is 16.4 Å². The number of imide groups is 2. The van der Waals surface area contributed by atoms with E-state index in [9.17, 15) is 28.8 Å². The molecule has 2 aliphatic heterocycles. The number of rotatable bonds is 14. The minimum absolute atomic E-state index is 0.00793. The van der Waals surface area contributed by atoms with Crippen molar-refractivity contribution in [1.29, 1.82) is 0 Å². The van der Waals surface area contributed by atoms with E-state index in [1.165, 1.54) is 0 Å². The van der Waals surface area contributed by atoms with Crippen molar-refractivity contribution >= 4 is 36.3 Å². The van der Waals surface area contributed by atoms with Gasteiger partial charge in [0.2, 0.25) is 0 Å². The molecular weight excluding hydrogens is 965 g/mol. The summed E-state index contributed by atoms with van der Waals surface area (Å²) in [5, 5.41) is 0. The van der Waals surface area contributed by atoms with Crippen LogP contribution in [-0.2, 0) is 66.4 Å². The van der Waals surface area contributed by atoms with Gasteiger partial charge in [0.05, 0.1) is 44.2 Å². The molecular formula is C54H92N2O18. The lowest BCUT2D eigenvalue weighted by atomic mass is 10.1. The quantitative estimate of drug-likeness (QED) is 0.0897. The maximum atomic E-state index is 13.4. The van der Waals surface area contributed by atoms with Crippen molar-refractivity contribution in [2.45, 2.75) is 228 Å². The van der Waals surface area contributed by atoms with Crippen molar-refractivity contribution in [3.05, 3.63) is 37.5 Å². The van der Waals surface area contributed by atoms with E-state index in [1.54, 1.807) is 116 Å². The van der Waals surface area contributed by atoms with Crippen LogP contribution in [0.25, 0.3) is 0 Å². The molecule has 0 aromatic carbocycles. The van der Waals surface area contributed by atoms with Gasteiger partial charge < -0.3 is 56.8 Å². The second-order valence-electron chi connectivity index (χ2n) is 23.9. The first-order valence-corrected chi connectivity index (χ1v) is 25.1. The number of nitrogens with zero attached hydrogens (tertiary/aromatic N) is 2. The Bertz CT molecular complexity index is 1850. The molecule has 0 aromatic heterocycles. The Labute approximate surface area is 441 Å². The Balaban J connectivity index is 0.000000740. The monoisotopic (exact) mass is 1060 g/mol. The molecule has 2 saturated heterocycles. The number of ether oxygens (including phenoxy) is 12. The van der Waals surface area contributed by atoms with Gasteiger partial charge in [0.15, 0.2) is 12.1 Å². The molecule has 0 aromatic rings. The second kappa shape index (κ2) is 28.0. The molecule has 0 saturated carbocycles. The third-order valence-corrected chi connectivity index (χ3v) is 9.94. The van der Waals surface area contributed by atoms with Crippen LogP contribution < -0.4 is 0 Å². The predicted octanol–water partition coefficient (Wildman–Crippen LogP) is 9.68. The zero-order chi connectivity index (χ0) is 57.5. The van der Waals surface area contributed by atoms with E-state index in [0.717, 1.165) is 5.57 Å². The summed E-state index contributed by atoms with van der Waals surface area (Å²) in [5.41, 5.74) is -4.44. The smallest absolute Gasteiger partial charge is 0.420 e. The average Bonchev–Trinajstić information content (AvgIpc) is 3.27. The fourth-order valence-electron chi connectivity index (χ4n) is 6.55. The summed E-state index contributed by atoms with van der Waals surface area (Å²) in [7, 11) is 0. The van der Waals surface area contributed by atoms with Crippen molar-refractivity contribution in [3.8, 4) is 0 Å². The summed E-state index contributed by atoms with van der Waals surface area (Å²) in [4.78, 5) is 80.4. The Morgan fingerprint density at radius 3 is 1.12 bits per heavy atom. The standard InChI is InChI=1S/C27H47NO9.C27H45NO9/c2*1-13-27(11,12)35-20-16-32-15-19(22(29)34-18(4)21(20)33-14-17(2)3)28(23(30)36-25(5,6)7)24(31)37-26(8,9)10/h13,17-21H,1,14-16H2,2-12H3;13,18-21H,1-2,14-16H2,3-12H3/t2*18-,19-,20-,21-/m00/s1.